The minimum Gasteiger partial charge on any atom is -0.398 e. The zero-order valence-electron chi connectivity index (χ0n) is 11.0. The molecule has 0 unspecified atom stereocenters. The van der Waals surface area contributed by atoms with Gasteiger partial charge in [-0.3, -0.25) is 4.31 Å². The van der Waals surface area contributed by atoms with Crippen molar-refractivity contribution in [2.75, 3.05) is 16.6 Å². The van der Waals surface area contributed by atoms with Gasteiger partial charge < -0.3 is 5.73 Å². The second-order valence-corrected chi connectivity index (χ2v) is 6.02. The molecule has 0 bridgehead atoms. The van der Waals surface area contributed by atoms with E-state index in [4.69, 9.17) is 5.73 Å². The Labute approximate surface area is 117 Å². The first kappa shape index (κ1) is 14.3. The van der Waals surface area contributed by atoms with Crippen LogP contribution in [0.2, 0.25) is 0 Å². The topological polar surface area (TPSA) is 63.4 Å². The second kappa shape index (κ2) is 5.50. The molecule has 0 radical (unpaired) electrons. The van der Waals surface area contributed by atoms with Gasteiger partial charge in [0.05, 0.1) is 11.4 Å². The Morgan fingerprint density at radius 3 is 2.35 bits per heavy atom. The summed E-state index contributed by atoms with van der Waals surface area (Å²) in [6, 6.07) is 12.0. The molecule has 0 saturated heterocycles. The summed E-state index contributed by atoms with van der Waals surface area (Å²) >= 11 is 0. The van der Waals surface area contributed by atoms with Gasteiger partial charge in [0, 0.05) is 6.54 Å². The first-order chi connectivity index (χ1) is 9.46. The molecule has 0 heterocycles. The average molecular weight is 294 g/mol. The number of nitrogens with two attached hydrogens (primary N) is 1. The summed E-state index contributed by atoms with van der Waals surface area (Å²) in [6.07, 6.45) is 0. The van der Waals surface area contributed by atoms with Crippen LogP contribution in [0.1, 0.15) is 6.92 Å². The number of para-hydroxylation sites is 1. The summed E-state index contributed by atoms with van der Waals surface area (Å²) in [5.74, 6) is -0.566. The minimum atomic E-state index is -3.81. The first-order valence-electron chi connectivity index (χ1n) is 6.09. The standard InChI is InChI=1S/C14H15FN2O2S/c1-2-17(12-6-4-3-5-7-12)20(18,19)14-9-8-11(15)10-13(14)16/h3-10H,2,16H2,1H3. The highest BCUT2D eigenvalue weighted by Gasteiger charge is 2.25. The number of benzene rings is 2. The van der Waals surface area contributed by atoms with E-state index in [0.717, 1.165) is 12.1 Å². The molecule has 0 fully saturated rings. The van der Waals surface area contributed by atoms with E-state index in [1.807, 2.05) is 0 Å². The lowest BCUT2D eigenvalue weighted by Crippen LogP contribution is -2.31. The SMILES string of the molecule is CCN(c1ccccc1)S(=O)(=O)c1ccc(F)cc1N. The predicted octanol–water partition coefficient (Wildman–Crippen LogP) is 2.62. The number of hydrogen-bond donors (Lipinski definition) is 1. The second-order valence-electron chi connectivity index (χ2n) is 4.19. The van der Waals surface area contributed by atoms with Crippen LogP contribution >= 0.6 is 0 Å². The van der Waals surface area contributed by atoms with E-state index in [-0.39, 0.29) is 17.1 Å². The minimum absolute atomic E-state index is 0.0930. The lowest BCUT2D eigenvalue weighted by Gasteiger charge is -2.23. The van der Waals surface area contributed by atoms with Crippen LogP contribution in [0.3, 0.4) is 0 Å². The van der Waals surface area contributed by atoms with Crippen LogP contribution in [0, 0.1) is 5.82 Å². The van der Waals surface area contributed by atoms with Crippen molar-refractivity contribution in [3.05, 3.63) is 54.3 Å². The van der Waals surface area contributed by atoms with Gasteiger partial charge in [-0.25, -0.2) is 12.8 Å². The maximum Gasteiger partial charge on any atom is 0.266 e. The molecule has 0 aliphatic rings. The van der Waals surface area contributed by atoms with Gasteiger partial charge in [-0.2, -0.15) is 0 Å². The summed E-state index contributed by atoms with van der Waals surface area (Å²) in [5.41, 5.74) is 6.07. The molecule has 0 aliphatic heterocycles. The Morgan fingerprint density at radius 2 is 1.80 bits per heavy atom. The molecule has 0 atom stereocenters. The van der Waals surface area contributed by atoms with Gasteiger partial charge in [0.25, 0.3) is 10.0 Å². The molecule has 2 rings (SSSR count). The molecule has 20 heavy (non-hydrogen) atoms. The van der Waals surface area contributed by atoms with Crippen LogP contribution in [-0.2, 0) is 10.0 Å². The van der Waals surface area contributed by atoms with Crippen molar-refractivity contribution in [3.63, 3.8) is 0 Å². The number of nitrogen functional groups attached to an aromatic ring is 1. The van der Waals surface area contributed by atoms with Crippen LogP contribution in [-0.4, -0.2) is 15.0 Å². The maximum absolute atomic E-state index is 13.1. The fourth-order valence-electron chi connectivity index (χ4n) is 1.96. The molecular weight excluding hydrogens is 279 g/mol. The molecule has 0 amide bonds. The van der Waals surface area contributed by atoms with Gasteiger partial charge in [0.2, 0.25) is 0 Å². The molecular formula is C14H15FN2O2S. The fraction of sp³-hybridized carbons (Fsp3) is 0.143. The van der Waals surface area contributed by atoms with Crippen LogP contribution in [0.5, 0.6) is 0 Å². The van der Waals surface area contributed by atoms with Crippen LogP contribution < -0.4 is 10.0 Å². The monoisotopic (exact) mass is 294 g/mol. The largest absolute Gasteiger partial charge is 0.398 e. The van der Waals surface area contributed by atoms with Gasteiger partial charge in [-0.05, 0) is 37.3 Å². The van der Waals surface area contributed by atoms with Crippen molar-refractivity contribution >= 4 is 21.4 Å². The molecule has 0 spiro atoms. The third-order valence-corrected chi connectivity index (χ3v) is 4.85. The lowest BCUT2D eigenvalue weighted by atomic mass is 10.3. The third kappa shape index (κ3) is 2.60. The summed E-state index contributed by atoms with van der Waals surface area (Å²) in [4.78, 5) is -0.0930. The molecule has 106 valence electrons. The maximum atomic E-state index is 13.1. The van der Waals surface area contributed by atoms with Gasteiger partial charge in [-0.1, -0.05) is 18.2 Å². The highest BCUT2D eigenvalue weighted by atomic mass is 32.2. The van der Waals surface area contributed by atoms with E-state index in [1.54, 1.807) is 37.3 Å². The molecule has 0 aliphatic carbocycles. The van der Waals surface area contributed by atoms with E-state index in [0.29, 0.717) is 5.69 Å². The van der Waals surface area contributed by atoms with E-state index in [1.165, 1.54) is 10.4 Å². The quantitative estimate of drug-likeness (QED) is 0.882. The number of sulfonamides is 1. The average Bonchev–Trinajstić information content (AvgIpc) is 2.40. The zero-order valence-corrected chi connectivity index (χ0v) is 11.8. The number of nitrogens with zero attached hydrogens (tertiary/aromatic N) is 1. The Kier molecular flexibility index (Phi) is 3.94. The highest BCUT2D eigenvalue weighted by molar-refractivity contribution is 7.93. The van der Waals surface area contributed by atoms with E-state index in [9.17, 15) is 12.8 Å². The van der Waals surface area contributed by atoms with E-state index < -0.39 is 15.8 Å². The predicted molar refractivity (Wildman–Crippen MR) is 77.5 cm³/mol. The Morgan fingerprint density at radius 1 is 1.15 bits per heavy atom. The van der Waals surface area contributed by atoms with E-state index >= 15 is 0 Å². The van der Waals surface area contributed by atoms with Gasteiger partial charge in [0.15, 0.2) is 0 Å². The molecule has 2 aromatic rings. The van der Waals surface area contributed by atoms with Gasteiger partial charge in [-0.15, -0.1) is 0 Å². The fourth-order valence-corrected chi connectivity index (χ4v) is 3.53. The Bertz CT molecular complexity index is 702. The van der Waals surface area contributed by atoms with Crippen molar-refractivity contribution in [2.45, 2.75) is 11.8 Å². The number of hydrogen-bond acceptors (Lipinski definition) is 3. The highest BCUT2D eigenvalue weighted by Crippen LogP contribution is 2.27. The van der Waals surface area contributed by atoms with Crippen molar-refractivity contribution in [1.82, 2.24) is 0 Å². The van der Waals surface area contributed by atoms with Crippen molar-refractivity contribution in [2.24, 2.45) is 0 Å². The Hall–Kier alpha value is -2.08. The molecule has 2 aromatic carbocycles. The first-order valence-corrected chi connectivity index (χ1v) is 7.53. The Balaban J connectivity index is 2.53. The lowest BCUT2D eigenvalue weighted by molar-refractivity contribution is 0.591. The molecule has 2 N–H and O–H groups in total. The van der Waals surface area contributed by atoms with Gasteiger partial charge in [0.1, 0.15) is 10.7 Å². The summed E-state index contributed by atoms with van der Waals surface area (Å²) in [7, 11) is -3.81. The zero-order chi connectivity index (χ0) is 14.8. The number of halogens is 1. The van der Waals surface area contributed by atoms with Gasteiger partial charge >= 0.3 is 0 Å². The number of rotatable bonds is 4. The van der Waals surface area contributed by atoms with Crippen molar-refractivity contribution in [3.8, 4) is 0 Å². The number of anilines is 2. The summed E-state index contributed by atoms with van der Waals surface area (Å²) in [6.45, 7) is 1.98. The van der Waals surface area contributed by atoms with Crippen molar-refractivity contribution in [1.29, 1.82) is 0 Å². The van der Waals surface area contributed by atoms with E-state index in [2.05, 4.69) is 0 Å². The van der Waals surface area contributed by atoms with Crippen LogP contribution in [0.15, 0.2) is 53.4 Å². The molecule has 0 aromatic heterocycles. The van der Waals surface area contributed by atoms with Crippen molar-refractivity contribution < 1.29 is 12.8 Å². The van der Waals surface area contributed by atoms with Crippen LogP contribution in [0.25, 0.3) is 0 Å². The third-order valence-electron chi connectivity index (χ3n) is 2.87. The normalized spacial score (nSPS) is 11.3. The summed E-state index contributed by atoms with van der Waals surface area (Å²) < 4.78 is 39.5. The smallest absolute Gasteiger partial charge is 0.266 e. The molecule has 4 nitrogen and oxygen atoms in total. The molecule has 6 heteroatoms. The molecule has 0 saturated carbocycles. The summed E-state index contributed by atoms with van der Waals surface area (Å²) in [5, 5.41) is 0. The van der Waals surface area contributed by atoms with Crippen LogP contribution in [0.4, 0.5) is 15.8 Å².